The van der Waals surface area contributed by atoms with Gasteiger partial charge in [0.1, 0.15) is 11.5 Å². The van der Waals surface area contributed by atoms with Gasteiger partial charge in [-0.1, -0.05) is 0 Å². The fraction of sp³-hybridized carbons (Fsp3) is 0.611. The Balaban J connectivity index is 1.69. The van der Waals surface area contributed by atoms with Crippen LogP contribution in [0.15, 0.2) is 18.2 Å². The Hall–Kier alpha value is -1.79. The molecule has 6 heteroatoms. The molecule has 1 aliphatic heterocycles. The standard InChI is InChI=1S/C18H26N2O4/c1-22-16-5-6-17(23-2)14(11-16)12-20(15-3-4-15)13-18(21)19-7-9-24-10-8-19/h5-6,11,15H,3-4,7-10,12-13H2,1-2H3. The minimum atomic E-state index is 0.187. The average Bonchev–Trinajstić information content (AvgIpc) is 3.46. The van der Waals surface area contributed by atoms with E-state index in [9.17, 15) is 4.79 Å². The van der Waals surface area contributed by atoms with Gasteiger partial charge in [-0.3, -0.25) is 9.69 Å². The van der Waals surface area contributed by atoms with Gasteiger partial charge in [0.2, 0.25) is 5.91 Å². The molecule has 0 bridgehead atoms. The highest BCUT2D eigenvalue weighted by molar-refractivity contribution is 5.78. The molecule has 24 heavy (non-hydrogen) atoms. The van der Waals surface area contributed by atoms with Gasteiger partial charge in [0.25, 0.3) is 0 Å². The first-order valence-electron chi connectivity index (χ1n) is 8.51. The number of benzene rings is 1. The Bertz CT molecular complexity index is 568. The maximum atomic E-state index is 12.6. The summed E-state index contributed by atoms with van der Waals surface area (Å²) in [6, 6.07) is 6.30. The van der Waals surface area contributed by atoms with E-state index in [4.69, 9.17) is 14.2 Å². The van der Waals surface area contributed by atoms with Crippen molar-refractivity contribution in [2.24, 2.45) is 0 Å². The zero-order valence-corrected chi connectivity index (χ0v) is 14.5. The SMILES string of the molecule is COc1ccc(OC)c(CN(CC(=O)N2CCOCC2)C2CC2)c1. The van der Waals surface area contributed by atoms with Crippen molar-refractivity contribution in [2.75, 3.05) is 47.1 Å². The molecule has 0 unspecified atom stereocenters. The number of carbonyl (C=O) groups is 1. The van der Waals surface area contributed by atoms with E-state index in [1.54, 1.807) is 14.2 Å². The minimum Gasteiger partial charge on any atom is -0.497 e. The molecule has 6 nitrogen and oxygen atoms in total. The van der Waals surface area contributed by atoms with Crippen LogP contribution in [0.25, 0.3) is 0 Å². The van der Waals surface area contributed by atoms with Crippen LogP contribution in [0.1, 0.15) is 18.4 Å². The number of methoxy groups -OCH3 is 2. The molecule has 2 aliphatic rings. The zero-order valence-electron chi connectivity index (χ0n) is 14.5. The van der Waals surface area contributed by atoms with Crippen LogP contribution >= 0.6 is 0 Å². The van der Waals surface area contributed by atoms with Crippen molar-refractivity contribution in [2.45, 2.75) is 25.4 Å². The van der Waals surface area contributed by atoms with Crippen LogP contribution in [0.2, 0.25) is 0 Å². The normalized spacial score (nSPS) is 17.9. The van der Waals surface area contributed by atoms with E-state index < -0.39 is 0 Å². The minimum absolute atomic E-state index is 0.187. The van der Waals surface area contributed by atoms with Gasteiger partial charge in [0.15, 0.2) is 0 Å². The third kappa shape index (κ3) is 4.19. The summed E-state index contributed by atoms with van der Waals surface area (Å²) in [6.07, 6.45) is 2.31. The smallest absolute Gasteiger partial charge is 0.236 e. The van der Waals surface area contributed by atoms with Gasteiger partial charge >= 0.3 is 0 Å². The summed E-state index contributed by atoms with van der Waals surface area (Å²) in [7, 11) is 3.33. The highest BCUT2D eigenvalue weighted by atomic mass is 16.5. The van der Waals surface area contributed by atoms with Gasteiger partial charge in [-0.15, -0.1) is 0 Å². The molecule has 1 saturated heterocycles. The molecule has 1 aliphatic carbocycles. The Morgan fingerprint density at radius 3 is 2.62 bits per heavy atom. The summed E-state index contributed by atoms with van der Waals surface area (Å²) in [6.45, 7) is 3.81. The lowest BCUT2D eigenvalue weighted by Crippen LogP contribution is -2.46. The van der Waals surface area contributed by atoms with Crippen molar-refractivity contribution < 1.29 is 19.0 Å². The summed E-state index contributed by atoms with van der Waals surface area (Å²) in [4.78, 5) is 16.7. The van der Waals surface area contributed by atoms with Crippen molar-refractivity contribution >= 4 is 5.91 Å². The number of rotatable bonds is 7. The van der Waals surface area contributed by atoms with E-state index in [-0.39, 0.29) is 5.91 Å². The number of nitrogens with zero attached hydrogens (tertiary/aromatic N) is 2. The largest absolute Gasteiger partial charge is 0.497 e. The van der Waals surface area contributed by atoms with Crippen molar-refractivity contribution in [3.05, 3.63) is 23.8 Å². The molecule has 0 radical (unpaired) electrons. The van der Waals surface area contributed by atoms with E-state index in [2.05, 4.69) is 4.90 Å². The third-order valence-electron chi connectivity index (χ3n) is 4.63. The lowest BCUT2D eigenvalue weighted by Gasteiger charge is -2.30. The molecule has 1 heterocycles. The molecule has 132 valence electrons. The lowest BCUT2D eigenvalue weighted by molar-refractivity contribution is -0.136. The molecule has 1 amide bonds. The second-order valence-electron chi connectivity index (χ2n) is 6.31. The Kier molecular flexibility index (Phi) is 5.58. The number of morpholine rings is 1. The van der Waals surface area contributed by atoms with Crippen molar-refractivity contribution in [1.82, 2.24) is 9.80 Å². The van der Waals surface area contributed by atoms with E-state index >= 15 is 0 Å². The molecule has 1 aromatic carbocycles. The zero-order chi connectivity index (χ0) is 16.9. The topological polar surface area (TPSA) is 51.2 Å². The van der Waals surface area contributed by atoms with Crippen LogP contribution in [-0.2, 0) is 16.1 Å². The van der Waals surface area contributed by atoms with Gasteiger partial charge in [-0.2, -0.15) is 0 Å². The van der Waals surface area contributed by atoms with E-state index in [1.807, 2.05) is 23.1 Å². The van der Waals surface area contributed by atoms with Crippen molar-refractivity contribution in [1.29, 1.82) is 0 Å². The van der Waals surface area contributed by atoms with E-state index in [1.165, 1.54) is 0 Å². The van der Waals surface area contributed by atoms with Gasteiger partial charge in [0.05, 0.1) is 34.0 Å². The molecular weight excluding hydrogens is 308 g/mol. The van der Waals surface area contributed by atoms with Crippen LogP contribution < -0.4 is 9.47 Å². The lowest BCUT2D eigenvalue weighted by atomic mass is 10.1. The summed E-state index contributed by atoms with van der Waals surface area (Å²) in [5.74, 6) is 1.83. The molecule has 0 atom stereocenters. The third-order valence-corrected chi connectivity index (χ3v) is 4.63. The molecule has 0 aromatic heterocycles. The molecule has 0 N–H and O–H groups in total. The average molecular weight is 334 g/mol. The molecule has 0 spiro atoms. The molecule has 1 saturated carbocycles. The second kappa shape index (κ2) is 7.85. The van der Waals surface area contributed by atoms with Gasteiger partial charge in [-0.05, 0) is 31.0 Å². The van der Waals surface area contributed by atoms with E-state index in [0.717, 1.165) is 29.9 Å². The Morgan fingerprint density at radius 2 is 2.00 bits per heavy atom. The summed E-state index contributed by atoms with van der Waals surface area (Å²) < 4.78 is 16.1. The van der Waals surface area contributed by atoms with Crippen molar-refractivity contribution in [3.8, 4) is 11.5 Å². The molecule has 1 aromatic rings. The molecule has 2 fully saturated rings. The fourth-order valence-corrected chi connectivity index (χ4v) is 3.06. The summed E-state index contributed by atoms with van der Waals surface area (Å²) >= 11 is 0. The first-order valence-corrected chi connectivity index (χ1v) is 8.51. The van der Waals surface area contributed by atoms with Crippen LogP contribution in [0, 0.1) is 0 Å². The molecule has 3 rings (SSSR count). The monoisotopic (exact) mass is 334 g/mol. The van der Waals surface area contributed by atoms with Crippen LogP contribution in [0.4, 0.5) is 0 Å². The van der Waals surface area contributed by atoms with Crippen molar-refractivity contribution in [3.63, 3.8) is 0 Å². The highest BCUT2D eigenvalue weighted by Crippen LogP contribution is 2.31. The van der Waals surface area contributed by atoms with Crippen LogP contribution in [0.5, 0.6) is 11.5 Å². The fourth-order valence-electron chi connectivity index (χ4n) is 3.06. The summed E-state index contributed by atoms with van der Waals surface area (Å²) in [5.41, 5.74) is 1.05. The van der Waals surface area contributed by atoms with Gasteiger partial charge in [-0.25, -0.2) is 0 Å². The number of hydrogen-bond donors (Lipinski definition) is 0. The van der Waals surface area contributed by atoms with Crippen LogP contribution in [0.3, 0.4) is 0 Å². The number of hydrogen-bond acceptors (Lipinski definition) is 5. The second-order valence-corrected chi connectivity index (χ2v) is 6.31. The number of carbonyl (C=O) groups excluding carboxylic acids is 1. The van der Waals surface area contributed by atoms with Gasteiger partial charge in [0, 0.05) is 31.2 Å². The number of ether oxygens (including phenoxy) is 3. The first kappa shape index (κ1) is 17.0. The summed E-state index contributed by atoms with van der Waals surface area (Å²) in [5, 5.41) is 0. The quantitative estimate of drug-likeness (QED) is 0.757. The maximum Gasteiger partial charge on any atom is 0.236 e. The Morgan fingerprint density at radius 1 is 1.25 bits per heavy atom. The Labute approximate surface area is 143 Å². The predicted octanol–water partition coefficient (Wildman–Crippen LogP) is 1.53. The van der Waals surface area contributed by atoms with Gasteiger partial charge < -0.3 is 19.1 Å². The van der Waals surface area contributed by atoms with E-state index in [0.29, 0.717) is 45.4 Å². The number of amides is 1. The predicted molar refractivity (Wildman–Crippen MR) is 90.4 cm³/mol. The highest BCUT2D eigenvalue weighted by Gasteiger charge is 2.32. The van der Waals surface area contributed by atoms with Crippen LogP contribution in [-0.4, -0.2) is 68.8 Å². The molecular formula is C18H26N2O4. The maximum absolute atomic E-state index is 12.6. The first-order chi connectivity index (χ1) is 11.7.